The highest BCUT2D eigenvalue weighted by atomic mass is 16.3. The highest BCUT2D eigenvalue weighted by Crippen LogP contribution is 2.60. The van der Waals surface area contributed by atoms with Crippen LogP contribution in [0, 0.1) is 23.2 Å². The van der Waals surface area contributed by atoms with Crippen LogP contribution < -0.4 is 0 Å². The zero-order chi connectivity index (χ0) is 15.3. The van der Waals surface area contributed by atoms with Gasteiger partial charge in [0.05, 0.1) is 6.10 Å². The van der Waals surface area contributed by atoms with Crippen LogP contribution in [0.3, 0.4) is 0 Å². The maximum absolute atomic E-state index is 10.2. The molecule has 120 valence electrons. The van der Waals surface area contributed by atoms with Crippen LogP contribution in [0.2, 0.25) is 0 Å². The molecular weight excluding hydrogens is 268 g/mol. The van der Waals surface area contributed by atoms with E-state index in [2.05, 4.69) is 32.1 Å². The molecule has 0 radical (unpaired) electrons. The molecule has 22 heavy (non-hydrogen) atoms. The molecular formula is C21H30O. The zero-order valence-electron chi connectivity index (χ0n) is 14.1. The molecule has 2 unspecified atom stereocenters. The first-order chi connectivity index (χ1) is 10.6. The van der Waals surface area contributed by atoms with Gasteiger partial charge in [-0.1, -0.05) is 37.1 Å². The lowest BCUT2D eigenvalue weighted by molar-refractivity contribution is 0.116. The summed E-state index contributed by atoms with van der Waals surface area (Å²) in [5, 5.41) is 10.2. The van der Waals surface area contributed by atoms with Gasteiger partial charge >= 0.3 is 0 Å². The van der Waals surface area contributed by atoms with Crippen molar-refractivity contribution < 1.29 is 5.11 Å². The van der Waals surface area contributed by atoms with Gasteiger partial charge in [0.2, 0.25) is 0 Å². The fourth-order valence-electron chi connectivity index (χ4n) is 6.20. The van der Waals surface area contributed by atoms with E-state index in [1.807, 2.05) is 0 Å². The quantitative estimate of drug-likeness (QED) is 0.662. The molecule has 0 amide bonds. The number of hydrogen-bond donors (Lipinski definition) is 1. The third-order valence-corrected chi connectivity index (χ3v) is 7.16. The molecule has 1 N–H and O–H groups in total. The topological polar surface area (TPSA) is 20.2 Å². The molecule has 0 bridgehead atoms. The van der Waals surface area contributed by atoms with Gasteiger partial charge < -0.3 is 5.11 Å². The normalized spacial score (nSPS) is 44.6. The van der Waals surface area contributed by atoms with Crippen molar-refractivity contribution >= 4 is 0 Å². The number of aliphatic hydroxyl groups is 1. The van der Waals surface area contributed by atoms with Crippen LogP contribution in [0.5, 0.6) is 0 Å². The predicted molar refractivity (Wildman–Crippen MR) is 91.4 cm³/mol. The zero-order valence-corrected chi connectivity index (χ0v) is 14.1. The Morgan fingerprint density at radius 3 is 2.91 bits per heavy atom. The lowest BCUT2D eigenvalue weighted by Gasteiger charge is -2.48. The summed E-state index contributed by atoms with van der Waals surface area (Å²) in [5.74, 6) is 2.24. The second kappa shape index (κ2) is 5.37. The smallest absolute Gasteiger partial charge is 0.0735 e. The molecule has 5 atom stereocenters. The highest BCUT2D eigenvalue weighted by molar-refractivity contribution is 5.46. The summed E-state index contributed by atoms with van der Waals surface area (Å²) in [6.07, 6.45) is 16.9. The fraction of sp³-hybridized carbons (Fsp3) is 0.714. The second-order valence-electron chi connectivity index (χ2n) is 8.36. The van der Waals surface area contributed by atoms with Gasteiger partial charge in [-0.15, -0.1) is 0 Å². The summed E-state index contributed by atoms with van der Waals surface area (Å²) < 4.78 is 0. The summed E-state index contributed by atoms with van der Waals surface area (Å²) in [5.41, 5.74) is 5.54. The molecule has 1 nitrogen and oxygen atoms in total. The summed E-state index contributed by atoms with van der Waals surface area (Å²) in [4.78, 5) is 0. The van der Waals surface area contributed by atoms with Gasteiger partial charge in [-0.25, -0.2) is 0 Å². The van der Waals surface area contributed by atoms with Gasteiger partial charge in [0.15, 0.2) is 0 Å². The summed E-state index contributed by atoms with van der Waals surface area (Å²) >= 11 is 0. The minimum Gasteiger partial charge on any atom is -0.389 e. The average Bonchev–Trinajstić information content (AvgIpc) is 2.88. The van der Waals surface area contributed by atoms with Crippen molar-refractivity contribution in [2.24, 2.45) is 23.2 Å². The molecule has 0 aromatic rings. The van der Waals surface area contributed by atoms with Crippen molar-refractivity contribution in [3.63, 3.8) is 0 Å². The first-order valence-electron chi connectivity index (χ1n) is 9.37. The number of aliphatic hydroxyl groups excluding tert-OH is 1. The van der Waals surface area contributed by atoms with E-state index in [0.29, 0.717) is 11.3 Å². The van der Waals surface area contributed by atoms with Crippen LogP contribution in [-0.4, -0.2) is 11.2 Å². The molecule has 4 rings (SSSR count). The van der Waals surface area contributed by atoms with Crippen molar-refractivity contribution in [3.05, 3.63) is 34.9 Å². The number of rotatable bonds is 1. The Hall–Kier alpha value is -0.820. The third-order valence-electron chi connectivity index (χ3n) is 7.16. The van der Waals surface area contributed by atoms with Crippen molar-refractivity contribution in [1.29, 1.82) is 0 Å². The highest BCUT2D eigenvalue weighted by Gasteiger charge is 2.49. The molecule has 4 aliphatic rings. The van der Waals surface area contributed by atoms with E-state index in [-0.39, 0.29) is 6.10 Å². The lowest BCUT2D eigenvalue weighted by Crippen LogP contribution is -2.38. The van der Waals surface area contributed by atoms with Crippen molar-refractivity contribution in [2.45, 2.75) is 71.3 Å². The molecule has 0 saturated heterocycles. The number of hydrogen-bond acceptors (Lipinski definition) is 1. The van der Waals surface area contributed by atoms with E-state index in [4.69, 9.17) is 0 Å². The van der Waals surface area contributed by atoms with Gasteiger partial charge in [0, 0.05) is 5.92 Å². The van der Waals surface area contributed by atoms with E-state index in [1.165, 1.54) is 50.5 Å². The van der Waals surface area contributed by atoms with Crippen LogP contribution in [0.25, 0.3) is 0 Å². The Balaban J connectivity index is 1.78. The van der Waals surface area contributed by atoms with Gasteiger partial charge in [-0.3, -0.25) is 0 Å². The van der Waals surface area contributed by atoms with E-state index in [9.17, 15) is 5.11 Å². The Kier molecular flexibility index (Phi) is 3.60. The molecule has 2 fully saturated rings. The van der Waals surface area contributed by atoms with Gasteiger partial charge in [0.1, 0.15) is 0 Å². The SMILES string of the molecule is C/C=C\C1CC(O)C=C2CC[C@@H]3C(=C21)CC[C@]1(C)CCC[C@@H]31. The first-order valence-corrected chi connectivity index (χ1v) is 9.37. The van der Waals surface area contributed by atoms with Crippen molar-refractivity contribution in [1.82, 2.24) is 0 Å². The van der Waals surface area contributed by atoms with Crippen LogP contribution in [0.15, 0.2) is 34.9 Å². The molecule has 0 aromatic carbocycles. The first kappa shape index (κ1) is 14.8. The Morgan fingerprint density at radius 2 is 2.09 bits per heavy atom. The molecule has 1 heteroatoms. The summed E-state index contributed by atoms with van der Waals surface area (Å²) in [6, 6.07) is 0. The molecule has 4 aliphatic carbocycles. The van der Waals surface area contributed by atoms with Crippen LogP contribution in [-0.2, 0) is 0 Å². The Bertz CT molecular complexity index is 552. The molecule has 0 spiro atoms. The van der Waals surface area contributed by atoms with Gasteiger partial charge in [0.25, 0.3) is 0 Å². The van der Waals surface area contributed by atoms with E-state index < -0.39 is 0 Å². The number of allylic oxidation sites excluding steroid dienone is 5. The minimum absolute atomic E-state index is 0.238. The Morgan fingerprint density at radius 1 is 1.23 bits per heavy atom. The van der Waals surface area contributed by atoms with Gasteiger partial charge in [-0.2, -0.15) is 0 Å². The molecule has 2 saturated carbocycles. The van der Waals surface area contributed by atoms with Crippen molar-refractivity contribution in [3.8, 4) is 0 Å². The van der Waals surface area contributed by atoms with Crippen molar-refractivity contribution in [2.75, 3.05) is 0 Å². The van der Waals surface area contributed by atoms with Crippen LogP contribution >= 0.6 is 0 Å². The summed E-state index contributed by atoms with van der Waals surface area (Å²) in [7, 11) is 0. The van der Waals surface area contributed by atoms with E-state index >= 15 is 0 Å². The average molecular weight is 298 g/mol. The number of fused-ring (bicyclic) bond motifs is 4. The van der Waals surface area contributed by atoms with E-state index in [0.717, 1.165) is 18.3 Å². The standard InChI is InChI=1S/C21H30O/c1-3-5-14-12-16(22)13-15-7-8-17-18(20(14)15)9-11-21(2)10-4-6-19(17)21/h3,5,13-14,16-17,19,22H,4,6-12H2,1-2H3/b5-3-/t14?,16?,17-,19+,21+/m1/s1. The monoisotopic (exact) mass is 298 g/mol. The van der Waals surface area contributed by atoms with Crippen LogP contribution in [0.4, 0.5) is 0 Å². The molecule has 0 aromatic heterocycles. The third kappa shape index (κ3) is 2.16. The Labute approximate surface area is 135 Å². The predicted octanol–water partition coefficient (Wildman–Crippen LogP) is 5.18. The second-order valence-corrected chi connectivity index (χ2v) is 8.36. The molecule has 0 aliphatic heterocycles. The maximum Gasteiger partial charge on any atom is 0.0735 e. The van der Waals surface area contributed by atoms with Crippen LogP contribution in [0.1, 0.15) is 65.2 Å². The summed E-state index contributed by atoms with van der Waals surface area (Å²) in [6.45, 7) is 4.68. The minimum atomic E-state index is -0.238. The molecule has 0 heterocycles. The van der Waals surface area contributed by atoms with E-state index in [1.54, 1.807) is 11.1 Å². The van der Waals surface area contributed by atoms with Gasteiger partial charge in [-0.05, 0) is 80.3 Å². The lowest BCUT2D eigenvalue weighted by atomic mass is 9.57. The maximum atomic E-state index is 10.2. The largest absolute Gasteiger partial charge is 0.389 e. The fourth-order valence-corrected chi connectivity index (χ4v) is 6.20.